The van der Waals surface area contributed by atoms with Crippen molar-refractivity contribution in [1.29, 1.82) is 0 Å². The average molecular weight is 370 g/mol. The normalized spacial score (nSPS) is 10.9. The monoisotopic (exact) mass is 369 g/mol. The highest BCUT2D eigenvalue weighted by Gasteiger charge is 2.12. The van der Waals surface area contributed by atoms with E-state index in [9.17, 15) is 9.90 Å². The number of phenols is 1. The van der Waals surface area contributed by atoms with Gasteiger partial charge in [0.1, 0.15) is 17.2 Å². The first kappa shape index (κ1) is 20.8. The molecule has 1 amide bonds. The van der Waals surface area contributed by atoms with Crippen LogP contribution in [0.1, 0.15) is 69.1 Å². The highest BCUT2D eigenvalue weighted by molar-refractivity contribution is 5.91. The fourth-order valence-electron chi connectivity index (χ4n) is 3.12. The van der Waals surface area contributed by atoms with Gasteiger partial charge in [0.25, 0.3) is 0 Å². The average Bonchev–Trinajstić information content (AvgIpc) is 2.59. The molecule has 0 aliphatic heterocycles. The van der Waals surface area contributed by atoms with Crippen LogP contribution in [0.4, 0.5) is 5.69 Å². The van der Waals surface area contributed by atoms with Gasteiger partial charge < -0.3 is 15.2 Å². The molecule has 2 N–H and O–H groups in total. The van der Waals surface area contributed by atoms with E-state index >= 15 is 0 Å². The number of rotatable bonds is 8. The van der Waals surface area contributed by atoms with Crippen molar-refractivity contribution in [3.05, 3.63) is 47.0 Å². The molecule has 0 aromatic heterocycles. The van der Waals surface area contributed by atoms with Gasteiger partial charge in [0.05, 0.1) is 0 Å². The number of anilines is 1. The molecule has 0 saturated carbocycles. The van der Waals surface area contributed by atoms with Crippen molar-refractivity contribution < 1.29 is 14.6 Å². The number of hydrogen-bond acceptors (Lipinski definition) is 3. The molecule has 4 heteroatoms. The summed E-state index contributed by atoms with van der Waals surface area (Å²) in [5.41, 5.74) is 3.57. The lowest BCUT2D eigenvalue weighted by Crippen LogP contribution is -2.11. The summed E-state index contributed by atoms with van der Waals surface area (Å²) in [7, 11) is 0. The number of phenolic OH excluding ortho intramolecular Hbond substituents is 1. The molecule has 0 aliphatic carbocycles. The zero-order valence-electron chi connectivity index (χ0n) is 17.1. The Morgan fingerprint density at radius 3 is 2.37 bits per heavy atom. The van der Waals surface area contributed by atoms with Crippen molar-refractivity contribution in [2.24, 2.45) is 0 Å². The number of ether oxygens (including phenoxy) is 1. The molecule has 2 aromatic carbocycles. The van der Waals surface area contributed by atoms with Gasteiger partial charge in [-0.05, 0) is 67.6 Å². The molecule has 2 aromatic rings. The van der Waals surface area contributed by atoms with Gasteiger partial charge >= 0.3 is 0 Å². The van der Waals surface area contributed by atoms with E-state index in [1.54, 1.807) is 12.1 Å². The first-order chi connectivity index (χ1) is 12.8. The Bertz CT molecular complexity index is 773. The van der Waals surface area contributed by atoms with Crippen molar-refractivity contribution in [1.82, 2.24) is 0 Å². The number of unbranched alkanes of at least 4 members (excludes halogenated alkanes) is 2. The molecular weight excluding hydrogens is 338 g/mol. The lowest BCUT2D eigenvalue weighted by atomic mass is 10.0. The minimum Gasteiger partial charge on any atom is -0.508 e. The molecule has 0 saturated heterocycles. The fourth-order valence-corrected chi connectivity index (χ4v) is 3.12. The van der Waals surface area contributed by atoms with Crippen LogP contribution in [-0.2, 0) is 4.79 Å². The largest absolute Gasteiger partial charge is 0.508 e. The molecule has 0 unspecified atom stereocenters. The van der Waals surface area contributed by atoms with E-state index in [1.165, 1.54) is 0 Å². The summed E-state index contributed by atoms with van der Waals surface area (Å²) in [6.07, 6.45) is 3.65. The molecular formula is C23H31NO3. The summed E-state index contributed by atoms with van der Waals surface area (Å²) in [6, 6.07) is 9.18. The Kier molecular flexibility index (Phi) is 7.28. The number of amides is 1. The van der Waals surface area contributed by atoms with Gasteiger partial charge in [0.2, 0.25) is 5.91 Å². The maximum Gasteiger partial charge on any atom is 0.224 e. The van der Waals surface area contributed by atoms with Gasteiger partial charge in [0.15, 0.2) is 0 Å². The van der Waals surface area contributed by atoms with Crippen LogP contribution in [0, 0.1) is 13.8 Å². The van der Waals surface area contributed by atoms with Gasteiger partial charge in [-0.25, -0.2) is 0 Å². The second kappa shape index (κ2) is 9.45. The van der Waals surface area contributed by atoms with Gasteiger partial charge in [0, 0.05) is 17.7 Å². The van der Waals surface area contributed by atoms with Crippen LogP contribution in [0.15, 0.2) is 30.3 Å². The number of hydrogen-bond donors (Lipinski definition) is 2. The van der Waals surface area contributed by atoms with Crippen LogP contribution >= 0.6 is 0 Å². The quantitative estimate of drug-likeness (QED) is 0.526. The fraction of sp³-hybridized carbons (Fsp3) is 0.435. The first-order valence-electron chi connectivity index (χ1n) is 9.73. The molecule has 27 heavy (non-hydrogen) atoms. The molecule has 4 nitrogen and oxygen atoms in total. The molecule has 0 radical (unpaired) electrons. The highest BCUT2D eigenvalue weighted by Crippen LogP contribution is 2.35. The first-order valence-corrected chi connectivity index (χ1v) is 9.73. The highest BCUT2D eigenvalue weighted by atomic mass is 16.5. The Morgan fingerprint density at radius 2 is 1.78 bits per heavy atom. The Balaban J connectivity index is 2.15. The van der Waals surface area contributed by atoms with Crippen LogP contribution in [-0.4, -0.2) is 11.0 Å². The van der Waals surface area contributed by atoms with Crippen molar-refractivity contribution in [3.8, 4) is 17.2 Å². The molecule has 0 spiro atoms. The third kappa shape index (κ3) is 5.75. The predicted octanol–water partition coefficient (Wildman–Crippen LogP) is 6.44. The van der Waals surface area contributed by atoms with Crippen LogP contribution in [0.2, 0.25) is 0 Å². The van der Waals surface area contributed by atoms with Crippen molar-refractivity contribution in [2.45, 2.75) is 66.2 Å². The lowest BCUT2D eigenvalue weighted by molar-refractivity contribution is -0.116. The van der Waals surface area contributed by atoms with Gasteiger partial charge in [-0.2, -0.15) is 0 Å². The van der Waals surface area contributed by atoms with Crippen molar-refractivity contribution in [3.63, 3.8) is 0 Å². The van der Waals surface area contributed by atoms with Crippen LogP contribution in [0.5, 0.6) is 17.2 Å². The molecule has 146 valence electrons. The third-order valence-electron chi connectivity index (χ3n) is 4.59. The van der Waals surface area contributed by atoms with Crippen molar-refractivity contribution >= 4 is 11.6 Å². The zero-order valence-corrected chi connectivity index (χ0v) is 17.1. The molecule has 2 rings (SSSR count). The summed E-state index contributed by atoms with van der Waals surface area (Å²) >= 11 is 0. The second-order valence-electron chi connectivity index (χ2n) is 7.42. The van der Waals surface area contributed by atoms with E-state index in [1.807, 2.05) is 45.9 Å². The summed E-state index contributed by atoms with van der Waals surface area (Å²) in [5, 5.41) is 13.0. The summed E-state index contributed by atoms with van der Waals surface area (Å²) in [6.45, 7) is 10.1. The van der Waals surface area contributed by atoms with E-state index in [0.717, 1.165) is 47.4 Å². The van der Waals surface area contributed by atoms with E-state index < -0.39 is 0 Å². The smallest absolute Gasteiger partial charge is 0.224 e. The lowest BCUT2D eigenvalue weighted by Gasteiger charge is -2.16. The number of nitrogens with one attached hydrogen (secondary N) is 1. The summed E-state index contributed by atoms with van der Waals surface area (Å²) < 4.78 is 6.10. The maximum absolute atomic E-state index is 12.1. The van der Waals surface area contributed by atoms with E-state index in [-0.39, 0.29) is 17.6 Å². The Labute approximate surface area is 162 Å². The molecule has 0 aliphatic rings. The molecule has 0 fully saturated rings. The standard InChI is InChI=1S/C23H31NO3/c1-6-7-8-9-22(26)24-18-12-16(4)23(17(5)13-18)27-19-10-11-21(25)20(14-19)15(2)3/h10-15,25H,6-9H2,1-5H3,(H,24,26). The number of aromatic hydroxyl groups is 1. The molecule has 0 heterocycles. The van der Waals surface area contributed by atoms with Gasteiger partial charge in [-0.15, -0.1) is 0 Å². The number of aryl methyl sites for hydroxylation is 2. The summed E-state index contributed by atoms with van der Waals surface area (Å²) in [4.78, 5) is 12.1. The van der Waals surface area contributed by atoms with Gasteiger partial charge in [-0.3, -0.25) is 4.79 Å². The summed E-state index contributed by atoms with van der Waals surface area (Å²) in [5.74, 6) is 2.02. The number of benzene rings is 2. The van der Waals surface area contributed by atoms with E-state index in [2.05, 4.69) is 12.2 Å². The van der Waals surface area contributed by atoms with E-state index in [4.69, 9.17) is 4.74 Å². The Hall–Kier alpha value is -2.49. The SMILES string of the molecule is CCCCCC(=O)Nc1cc(C)c(Oc2ccc(O)c(C(C)C)c2)c(C)c1. The second-order valence-corrected chi connectivity index (χ2v) is 7.42. The number of carbonyl (C=O) groups is 1. The number of carbonyl (C=O) groups excluding carboxylic acids is 1. The van der Waals surface area contributed by atoms with Crippen LogP contribution < -0.4 is 10.1 Å². The van der Waals surface area contributed by atoms with Crippen LogP contribution in [0.3, 0.4) is 0 Å². The molecule has 0 atom stereocenters. The van der Waals surface area contributed by atoms with E-state index in [0.29, 0.717) is 12.2 Å². The van der Waals surface area contributed by atoms with Gasteiger partial charge in [-0.1, -0.05) is 33.6 Å². The maximum atomic E-state index is 12.1. The minimum absolute atomic E-state index is 0.0519. The predicted molar refractivity (Wildman–Crippen MR) is 111 cm³/mol. The Morgan fingerprint density at radius 1 is 1.11 bits per heavy atom. The zero-order chi connectivity index (χ0) is 20.0. The van der Waals surface area contributed by atoms with Crippen molar-refractivity contribution in [2.75, 3.05) is 5.32 Å². The third-order valence-corrected chi connectivity index (χ3v) is 4.59. The molecule has 0 bridgehead atoms. The minimum atomic E-state index is 0.0519. The topological polar surface area (TPSA) is 58.6 Å². The van der Waals surface area contributed by atoms with Crippen LogP contribution in [0.25, 0.3) is 0 Å².